The van der Waals surface area contributed by atoms with Gasteiger partial charge >= 0.3 is 0 Å². The van der Waals surface area contributed by atoms with Crippen molar-refractivity contribution >= 4 is 11.8 Å². The number of benzene rings is 2. The van der Waals surface area contributed by atoms with Gasteiger partial charge in [-0.25, -0.2) is 0 Å². The summed E-state index contributed by atoms with van der Waals surface area (Å²) in [5.74, 6) is 2.51. The van der Waals surface area contributed by atoms with Crippen molar-refractivity contribution in [2.24, 2.45) is 0 Å². The molecule has 140 valence electrons. The van der Waals surface area contributed by atoms with Crippen LogP contribution in [0.1, 0.15) is 5.69 Å². The van der Waals surface area contributed by atoms with Crippen LogP contribution in [0.25, 0.3) is 17.1 Å². The minimum atomic E-state index is 0.814. The van der Waals surface area contributed by atoms with E-state index in [0.717, 1.165) is 45.8 Å². The minimum absolute atomic E-state index is 0.814. The number of hydrogen-bond donors (Lipinski definition) is 0. The molecule has 0 radical (unpaired) electrons. The molecule has 0 spiro atoms. The molecule has 0 saturated carbocycles. The van der Waals surface area contributed by atoms with Crippen molar-refractivity contribution in [2.75, 3.05) is 12.9 Å². The Hall–Kier alpha value is -3.12. The Kier molecular flexibility index (Phi) is 5.68. The monoisotopic (exact) mass is 388 g/mol. The maximum absolute atomic E-state index is 5.27. The normalized spacial score (nSPS) is 10.8. The standard InChI is InChI=1S/C22H20N4OS/c1-27-20-12-10-17(11-13-20)21-24-25-22(26(21)19-8-3-2-4-9-19)28-16-14-18-7-5-6-15-23-18/h2-13,15H,14,16H2,1H3. The Morgan fingerprint density at radius 3 is 2.39 bits per heavy atom. The van der Waals surface area contributed by atoms with Crippen molar-refractivity contribution < 1.29 is 4.74 Å². The van der Waals surface area contributed by atoms with Crippen molar-refractivity contribution in [3.63, 3.8) is 0 Å². The molecule has 0 fully saturated rings. The molecule has 2 heterocycles. The maximum Gasteiger partial charge on any atom is 0.196 e. The maximum atomic E-state index is 5.27. The highest BCUT2D eigenvalue weighted by molar-refractivity contribution is 7.99. The molecule has 4 rings (SSSR count). The summed E-state index contributed by atoms with van der Waals surface area (Å²) >= 11 is 1.68. The number of methoxy groups -OCH3 is 1. The summed E-state index contributed by atoms with van der Waals surface area (Å²) in [7, 11) is 1.66. The van der Waals surface area contributed by atoms with E-state index < -0.39 is 0 Å². The predicted molar refractivity (Wildman–Crippen MR) is 112 cm³/mol. The van der Waals surface area contributed by atoms with Gasteiger partial charge in [0.25, 0.3) is 0 Å². The smallest absolute Gasteiger partial charge is 0.196 e. The second kappa shape index (κ2) is 8.71. The number of rotatable bonds is 7. The van der Waals surface area contributed by atoms with Gasteiger partial charge in [-0.1, -0.05) is 36.0 Å². The van der Waals surface area contributed by atoms with E-state index in [1.807, 2.05) is 66.9 Å². The number of hydrogen-bond acceptors (Lipinski definition) is 5. The van der Waals surface area contributed by atoms with Gasteiger partial charge in [-0.15, -0.1) is 10.2 Å². The lowest BCUT2D eigenvalue weighted by atomic mass is 10.2. The van der Waals surface area contributed by atoms with Crippen LogP contribution in [0.3, 0.4) is 0 Å². The number of aryl methyl sites for hydroxylation is 1. The third-order valence-corrected chi connectivity index (χ3v) is 5.24. The minimum Gasteiger partial charge on any atom is -0.497 e. The summed E-state index contributed by atoms with van der Waals surface area (Å²) in [5.41, 5.74) is 3.11. The fourth-order valence-electron chi connectivity index (χ4n) is 2.89. The molecule has 0 atom stereocenters. The molecule has 4 aromatic rings. The first kappa shape index (κ1) is 18.3. The zero-order valence-electron chi connectivity index (χ0n) is 15.5. The van der Waals surface area contributed by atoms with Crippen molar-refractivity contribution in [3.8, 4) is 22.8 Å². The molecule has 0 bridgehead atoms. The molecule has 6 heteroatoms. The highest BCUT2D eigenvalue weighted by atomic mass is 32.2. The third kappa shape index (κ3) is 4.07. The third-order valence-electron chi connectivity index (χ3n) is 4.31. The van der Waals surface area contributed by atoms with Crippen molar-refractivity contribution in [3.05, 3.63) is 84.7 Å². The van der Waals surface area contributed by atoms with E-state index in [9.17, 15) is 0 Å². The van der Waals surface area contributed by atoms with Gasteiger partial charge in [-0.3, -0.25) is 9.55 Å². The van der Waals surface area contributed by atoms with E-state index in [2.05, 4.69) is 31.9 Å². The molecule has 0 aliphatic rings. The fourth-order valence-corrected chi connectivity index (χ4v) is 3.81. The zero-order chi connectivity index (χ0) is 19.2. The van der Waals surface area contributed by atoms with Crippen LogP contribution in [-0.4, -0.2) is 32.6 Å². The van der Waals surface area contributed by atoms with Crippen molar-refractivity contribution in [2.45, 2.75) is 11.6 Å². The molecule has 5 nitrogen and oxygen atoms in total. The topological polar surface area (TPSA) is 52.8 Å². The summed E-state index contributed by atoms with van der Waals surface area (Å²) in [6.45, 7) is 0. The van der Waals surface area contributed by atoms with Crippen LogP contribution >= 0.6 is 11.8 Å². The Morgan fingerprint density at radius 2 is 1.68 bits per heavy atom. The van der Waals surface area contributed by atoms with Crippen LogP contribution < -0.4 is 4.74 Å². The average molecular weight is 388 g/mol. The van der Waals surface area contributed by atoms with E-state index in [0.29, 0.717) is 0 Å². The van der Waals surface area contributed by atoms with Gasteiger partial charge in [0.1, 0.15) is 5.75 Å². The lowest BCUT2D eigenvalue weighted by molar-refractivity contribution is 0.415. The molecule has 0 unspecified atom stereocenters. The Labute approximate surface area is 168 Å². The Morgan fingerprint density at radius 1 is 0.893 bits per heavy atom. The predicted octanol–water partition coefficient (Wildman–Crippen LogP) is 4.67. The van der Waals surface area contributed by atoms with Gasteiger partial charge in [0.2, 0.25) is 0 Å². The van der Waals surface area contributed by atoms with Gasteiger partial charge in [0.05, 0.1) is 7.11 Å². The van der Waals surface area contributed by atoms with Gasteiger partial charge < -0.3 is 4.74 Å². The number of thioether (sulfide) groups is 1. The van der Waals surface area contributed by atoms with E-state index >= 15 is 0 Å². The zero-order valence-corrected chi connectivity index (χ0v) is 16.3. The molecular weight excluding hydrogens is 368 g/mol. The van der Waals surface area contributed by atoms with Crippen molar-refractivity contribution in [1.29, 1.82) is 0 Å². The highest BCUT2D eigenvalue weighted by Crippen LogP contribution is 2.29. The summed E-state index contributed by atoms with van der Waals surface area (Å²) in [4.78, 5) is 4.39. The van der Waals surface area contributed by atoms with E-state index in [4.69, 9.17) is 4.74 Å². The Bertz CT molecular complexity index is 1020. The molecule has 0 N–H and O–H groups in total. The number of pyridine rings is 1. The van der Waals surface area contributed by atoms with Crippen LogP contribution in [-0.2, 0) is 6.42 Å². The number of nitrogens with zero attached hydrogens (tertiary/aromatic N) is 4. The quantitative estimate of drug-likeness (QED) is 0.431. The van der Waals surface area contributed by atoms with E-state index in [1.54, 1.807) is 18.9 Å². The summed E-state index contributed by atoms with van der Waals surface area (Å²) in [6.07, 6.45) is 2.71. The summed E-state index contributed by atoms with van der Waals surface area (Å²) in [5, 5.41) is 9.82. The molecule has 2 aromatic heterocycles. The second-order valence-corrected chi connectivity index (χ2v) is 7.19. The average Bonchev–Trinajstić information content (AvgIpc) is 3.19. The SMILES string of the molecule is COc1ccc(-c2nnc(SCCc3ccccn3)n2-c2ccccc2)cc1. The lowest BCUT2D eigenvalue weighted by Gasteiger charge is -2.10. The summed E-state index contributed by atoms with van der Waals surface area (Å²) in [6, 6.07) is 24.1. The summed E-state index contributed by atoms with van der Waals surface area (Å²) < 4.78 is 7.37. The van der Waals surface area contributed by atoms with E-state index in [-0.39, 0.29) is 0 Å². The fraction of sp³-hybridized carbons (Fsp3) is 0.136. The molecule has 0 aliphatic carbocycles. The van der Waals surface area contributed by atoms with Crippen molar-refractivity contribution in [1.82, 2.24) is 19.7 Å². The van der Waals surface area contributed by atoms with Gasteiger partial charge in [0, 0.05) is 28.9 Å². The van der Waals surface area contributed by atoms with E-state index in [1.165, 1.54) is 0 Å². The van der Waals surface area contributed by atoms with Crippen LogP contribution in [0.5, 0.6) is 5.75 Å². The number of para-hydroxylation sites is 1. The second-order valence-electron chi connectivity index (χ2n) is 6.13. The van der Waals surface area contributed by atoms with Gasteiger partial charge in [-0.2, -0.15) is 0 Å². The lowest BCUT2D eigenvalue weighted by Crippen LogP contribution is -2.00. The molecule has 2 aromatic carbocycles. The number of aromatic nitrogens is 4. The van der Waals surface area contributed by atoms with Gasteiger partial charge in [0.15, 0.2) is 11.0 Å². The van der Waals surface area contributed by atoms with Gasteiger partial charge in [-0.05, 0) is 55.0 Å². The first-order chi connectivity index (χ1) is 13.8. The molecule has 0 aliphatic heterocycles. The number of ether oxygens (including phenoxy) is 1. The molecule has 28 heavy (non-hydrogen) atoms. The van der Waals surface area contributed by atoms with Crippen LogP contribution in [0, 0.1) is 0 Å². The van der Waals surface area contributed by atoms with Crippen LogP contribution in [0.4, 0.5) is 0 Å². The molecule has 0 saturated heterocycles. The van der Waals surface area contributed by atoms with Crippen LogP contribution in [0.15, 0.2) is 84.1 Å². The first-order valence-corrected chi connectivity index (χ1v) is 10.0. The first-order valence-electron chi connectivity index (χ1n) is 9.03. The molecular formula is C22H20N4OS. The largest absolute Gasteiger partial charge is 0.497 e. The Balaban J connectivity index is 1.63. The molecule has 0 amide bonds. The van der Waals surface area contributed by atoms with Crippen LogP contribution in [0.2, 0.25) is 0 Å². The highest BCUT2D eigenvalue weighted by Gasteiger charge is 2.16.